The van der Waals surface area contributed by atoms with Gasteiger partial charge in [0.25, 0.3) is 5.91 Å². The van der Waals surface area contributed by atoms with Gasteiger partial charge in [0.2, 0.25) is 0 Å². The van der Waals surface area contributed by atoms with E-state index in [4.69, 9.17) is 10.5 Å². The minimum absolute atomic E-state index is 0.00605. The van der Waals surface area contributed by atoms with Gasteiger partial charge in [-0.15, -0.1) is 0 Å². The highest BCUT2D eigenvalue weighted by Crippen LogP contribution is 2.33. The van der Waals surface area contributed by atoms with Gasteiger partial charge in [-0.3, -0.25) is 4.79 Å². The molecule has 1 aliphatic rings. The molecule has 0 heterocycles. The second-order valence-electron chi connectivity index (χ2n) is 7.88. The van der Waals surface area contributed by atoms with Gasteiger partial charge in [0.15, 0.2) is 0 Å². The molecule has 5 nitrogen and oxygen atoms in total. The average molecular weight is 383 g/mol. The fraction of sp³-hybridized carbons (Fsp3) is 0.435. The number of para-hydroxylation sites is 1. The lowest BCUT2D eigenvalue weighted by molar-refractivity contribution is 0.0822. The van der Waals surface area contributed by atoms with Crippen molar-refractivity contribution >= 4 is 5.91 Å². The molecular weight excluding hydrogens is 352 g/mol. The quantitative estimate of drug-likeness (QED) is 0.753. The Morgan fingerprint density at radius 2 is 1.96 bits per heavy atom. The molecule has 1 amide bonds. The summed E-state index contributed by atoms with van der Waals surface area (Å²) in [5, 5.41) is 10.5. The van der Waals surface area contributed by atoms with Crippen LogP contribution in [0.4, 0.5) is 0 Å². The number of fused-ring (bicyclic) bond motifs is 1. The van der Waals surface area contributed by atoms with Crippen molar-refractivity contribution in [2.75, 3.05) is 20.7 Å². The maximum absolute atomic E-state index is 12.3. The maximum atomic E-state index is 12.3. The molecule has 0 saturated carbocycles. The molecule has 0 fully saturated rings. The van der Waals surface area contributed by atoms with Crippen LogP contribution in [0.5, 0.6) is 5.75 Å². The van der Waals surface area contributed by atoms with Gasteiger partial charge >= 0.3 is 0 Å². The average Bonchev–Trinajstić information content (AvgIpc) is 2.85. The Morgan fingerprint density at radius 3 is 2.68 bits per heavy atom. The molecule has 2 aromatic rings. The molecule has 150 valence electrons. The topological polar surface area (TPSA) is 75.8 Å². The summed E-state index contributed by atoms with van der Waals surface area (Å²) >= 11 is 0. The molecule has 3 rings (SSSR count). The summed E-state index contributed by atoms with van der Waals surface area (Å²) in [6.07, 6.45) is 2.78. The van der Waals surface area contributed by atoms with Crippen LogP contribution in [-0.2, 0) is 6.42 Å². The third kappa shape index (κ3) is 5.12. The lowest BCUT2D eigenvalue weighted by Crippen LogP contribution is -2.23. The molecule has 3 atom stereocenters. The smallest absolute Gasteiger partial charge is 0.253 e. The first-order valence-corrected chi connectivity index (χ1v) is 9.90. The highest BCUT2D eigenvalue weighted by Gasteiger charge is 2.25. The number of carbonyl (C=O) groups is 1. The third-order valence-corrected chi connectivity index (χ3v) is 5.38. The molecule has 0 saturated heterocycles. The number of nitrogens with zero attached hydrogens (tertiary/aromatic N) is 1. The van der Waals surface area contributed by atoms with E-state index in [-0.39, 0.29) is 18.6 Å². The number of ether oxygens (including phenoxy) is 1. The van der Waals surface area contributed by atoms with Crippen molar-refractivity contribution in [3.63, 3.8) is 0 Å². The zero-order valence-electron chi connectivity index (χ0n) is 16.7. The van der Waals surface area contributed by atoms with Crippen LogP contribution in [0.3, 0.4) is 0 Å². The second kappa shape index (κ2) is 9.22. The van der Waals surface area contributed by atoms with Crippen LogP contribution in [-0.4, -0.2) is 42.7 Å². The Hall–Kier alpha value is -2.37. The molecule has 0 aliphatic heterocycles. The summed E-state index contributed by atoms with van der Waals surface area (Å²) in [7, 11) is 3.51. The molecule has 3 N–H and O–H groups in total. The fourth-order valence-corrected chi connectivity index (χ4v) is 3.88. The summed E-state index contributed by atoms with van der Waals surface area (Å²) < 4.78 is 5.68. The minimum atomic E-state index is -0.533. The zero-order valence-corrected chi connectivity index (χ0v) is 16.7. The first kappa shape index (κ1) is 20.4. The van der Waals surface area contributed by atoms with Gasteiger partial charge in [0.05, 0.1) is 6.10 Å². The molecule has 28 heavy (non-hydrogen) atoms. The summed E-state index contributed by atoms with van der Waals surface area (Å²) in [6.45, 7) is 0.276. The lowest BCUT2D eigenvalue weighted by Gasteiger charge is -2.20. The molecule has 0 aromatic heterocycles. The largest absolute Gasteiger partial charge is 0.491 e. The predicted molar refractivity (Wildman–Crippen MR) is 110 cm³/mol. The van der Waals surface area contributed by atoms with Gasteiger partial charge in [0.1, 0.15) is 12.4 Å². The molecule has 0 bridgehead atoms. The van der Waals surface area contributed by atoms with E-state index in [1.165, 1.54) is 0 Å². The summed E-state index contributed by atoms with van der Waals surface area (Å²) in [4.78, 5) is 13.9. The third-order valence-electron chi connectivity index (χ3n) is 5.38. The van der Waals surface area contributed by atoms with Crippen molar-refractivity contribution in [1.82, 2.24) is 4.90 Å². The Kier molecular flexibility index (Phi) is 6.70. The molecular formula is C23H30N2O3. The molecule has 5 heteroatoms. The summed E-state index contributed by atoms with van der Waals surface area (Å²) in [5.74, 6) is 1.07. The van der Waals surface area contributed by atoms with Crippen molar-refractivity contribution in [1.29, 1.82) is 0 Å². The lowest BCUT2D eigenvalue weighted by atomic mass is 9.91. The van der Waals surface area contributed by atoms with Crippen molar-refractivity contribution in [2.45, 2.75) is 37.8 Å². The van der Waals surface area contributed by atoms with Crippen LogP contribution in [0.2, 0.25) is 0 Å². The van der Waals surface area contributed by atoms with E-state index in [0.717, 1.165) is 36.1 Å². The van der Waals surface area contributed by atoms with Crippen LogP contribution >= 0.6 is 0 Å². The molecule has 2 unspecified atom stereocenters. The van der Waals surface area contributed by atoms with Gasteiger partial charge in [-0.25, -0.2) is 0 Å². The van der Waals surface area contributed by atoms with Crippen molar-refractivity contribution < 1.29 is 14.6 Å². The summed E-state index contributed by atoms with van der Waals surface area (Å²) in [6, 6.07) is 15.3. The van der Waals surface area contributed by atoms with E-state index in [1.807, 2.05) is 48.5 Å². The van der Waals surface area contributed by atoms with Gasteiger partial charge in [-0.1, -0.05) is 24.3 Å². The fourth-order valence-electron chi connectivity index (χ4n) is 3.88. The number of rotatable bonds is 6. The first-order chi connectivity index (χ1) is 13.4. The highest BCUT2D eigenvalue weighted by molar-refractivity contribution is 5.94. The second-order valence-corrected chi connectivity index (χ2v) is 7.88. The van der Waals surface area contributed by atoms with E-state index in [2.05, 4.69) is 0 Å². The number of aliphatic hydroxyl groups is 1. The SMILES string of the molecule is CN(C)C(=O)c1ccc2c(c1)CC(C[C@H](O)COc1ccccc1)CCC2N. The van der Waals surface area contributed by atoms with Gasteiger partial charge in [-0.2, -0.15) is 0 Å². The number of hydrogen-bond donors (Lipinski definition) is 2. The van der Waals surface area contributed by atoms with Crippen LogP contribution in [0.25, 0.3) is 0 Å². The number of hydrogen-bond acceptors (Lipinski definition) is 4. The summed E-state index contributed by atoms with van der Waals surface area (Å²) in [5.41, 5.74) is 9.30. The van der Waals surface area contributed by atoms with Crippen LogP contribution in [0, 0.1) is 5.92 Å². The molecule has 1 aliphatic carbocycles. The number of benzene rings is 2. The number of nitrogens with two attached hydrogens (primary N) is 1. The monoisotopic (exact) mass is 382 g/mol. The van der Waals surface area contributed by atoms with Crippen molar-refractivity contribution in [3.05, 3.63) is 65.2 Å². The predicted octanol–water partition coefficient (Wildman–Crippen LogP) is 3.17. The standard InChI is InChI=1S/C23H30N2O3/c1-25(2)23(27)17-9-10-21-18(14-17)12-16(8-11-22(21)24)13-19(26)15-28-20-6-4-3-5-7-20/h3-7,9-10,14,16,19,22,26H,8,11-13,15,24H2,1-2H3/t16?,19-,22?/m0/s1. The van der Waals surface area contributed by atoms with E-state index in [9.17, 15) is 9.90 Å². The maximum Gasteiger partial charge on any atom is 0.253 e. The Balaban J connectivity index is 1.66. The molecule has 0 radical (unpaired) electrons. The normalized spacial score (nSPS) is 20.0. The Labute approximate surface area is 167 Å². The van der Waals surface area contributed by atoms with E-state index in [1.54, 1.807) is 19.0 Å². The van der Waals surface area contributed by atoms with E-state index >= 15 is 0 Å². The van der Waals surface area contributed by atoms with E-state index in [0.29, 0.717) is 17.9 Å². The van der Waals surface area contributed by atoms with Gasteiger partial charge in [-0.05, 0) is 67.0 Å². The van der Waals surface area contributed by atoms with Crippen LogP contribution in [0.1, 0.15) is 46.8 Å². The van der Waals surface area contributed by atoms with E-state index < -0.39 is 6.10 Å². The van der Waals surface area contributed by atoms with Crippen LogP contribution < -0.4 is 10.5 Å². The minimum Gasteiger partial charge on any atom is -0.491 e. The first-order valence-electron chi connectivity index (χ1n) is 9.90. The Morgan fingerprint density at radius 1 is 1.21 bits per heavy atom. The molecule has 2 aromatic carbocycles. The van der Waals surface area contributed by atoms with Crippen LogP contribution in [0.15, 0.2) is 48.5 Å². The van der Waals surface area contributed by atoms with Crippen molar-refractivity contribution in [3.8, 4) is 5.75 Å². The number of carbonyl (C=O) groups excluding carboxylic acids is 1. The molecule has 0 spiro atoms. The van der Waals surface area contributed by atoms with Crippen molar-refractivity contribution in [2.24, 2.45) is 11.7 Å². The zero-order chi connectivity index (χ0) is 20.1. The number of aliphatic hydroxyl groups excluding tert-OH is 1. The number of amides is 1. The van der Waals surface area contributed by atoms with Gasteiger partial charge < -0.3 is 20.5 Å². The Bertz CT molecular complexity index is 792. The highest BCUT2D eigenvalue weighted by atomic mass is 16.5. The van der Waals surface area contributed by atoms with Gasteiger partial charge in [0, 0.05) is 25.7 Å².